The van der Waals surface area contributed by atoms with Gasteiger partial charge in [-0.05, 0) is 38.8 Å². The normalized spacial score (nSPS) is 17.8. The van der Waals surface area contributed by atoms with E-state index in [1.54, 1.807) is 11.3 Å². The van der Waals surface area contributed by atoms with Crippen LogP contribution in [0.5, 0.6) is 0 Å². The SMILES string of the molecule is CN=C(NCCc1sc(C)nc1C)NC1CCCN(Cc2ccccc2)C1.I. The molecule has 0 bridgehead atoms. The smallest absolute Gasteiger partial charge is 0.191 e. The van der Waals surface area contributed by atoms with Crippen molar-refractivity contribution in [3.8, 4) is 0 Å². The number of nitrogens with zero attached hydrogens (tertiary/aromatic N) is 3. The minimum Gasteiger partial charge on any atom is -0.356 e. The van der Waals surface area contributed by atoms with Crippen molar-refractivity contribution >= 4 is 41.3 Å². The monoisotopic (exact) mass is 513 g/mol. The molecule has 154 valence electrons. The molecule has 1 fully saturated rings. The zero-order valence-electron chi connectivity index (χ0n) is 17.1. The number of thiazole rings is 1. The average Bonchev–Trinajstić information content (AvgIpc) is 2.99. The average molecular weight is 513 g/mol. The molecule has 3 rings (SSSR count). The molecule has 1 aliphatic heterocycles. The molecule has 0 amide bonds. The number of benzene rings is 1. The third-order valence-electron chi connectivity index (χ3n) is 4.96. The summed E-state index contributed by atoms with van der Waals surface area (Å²) in [5, 5.41) is 8.22. The van der Waals surface area contributed by atoms with E-state index in [-0.39, 0.29) is 24.0 Å². The number of aryl methyl sites for hydroxylation is 2. The van der Waals surface area contributed by atoms with Crippen LogP contribution in [-0.2, 0) is 13.0 Å². The molecular weight excluding hydrogens is 481 g/mol. The number of aromatic nitrogens is 1. The van der Waals surface area contributed by atoms with Crippen LogP contribution in [0.3, 0.4) is 0 Å². The number of aliphatic imine (C=N–C) groups is 1. The Morgan fingerprint density at radius 3 is 2.75 bits per heavy atom. The maximum atomic E-state index is 4.50. The molecule has 0 radical (unpaired) electrons. The fourth-order valence-corrected chi connectivity index (χ4v) is 4.58. The van der Waals surface area contributed by atoms with Crippen LogP contribution >= 0.6 is 35.3 Å². The highest BCUT2D eigenvalue weighted by atomic mass is 127. The maximum absolute atomic E-state index is 4.50. The zero-order valence-corrected chi connectivity index (χ0v) is 20.2. The molecule has 1 unspecified atom stereocenters. The predicted molar refractivity (Wildman–Crippen MR) is 130 cm³/mol. The van der Waals surface area contributed by atoms with Crippen molar-refractivity contribution < 1.29 is 0 Å². The fraction of sp³-hybridized carbons (Fsp3) is 0.524. The lowest BCUT2D eigenvalue weighted by atomic mass is 10.0. The summed E-state index contributed by atoms with van der Waals surface area (Å²) in [6.45, 7) is 8.29. The van der Waals surface area contributed by atoms with E-state index in [4.69, 9.17) is 0 Å². The van der Waals surface area contributed by atoms with Gasteiger partial charge in [0.25, 0.3) is 0 Å². The van der Waals surface area contributed by atoms with Crippen molar-refractivity contribution in [3.05, 3.63) is 51.5 Å². The van der Waals surface area contributed by atoms with Gasteiger partial charge in [0.2, 0.25) is 0 Å². The van der Waals surface area contributed by atoms with Crippen LogP contribution in [0, 0.1) is 13.8 Å². The van der Waals surface area contributed by atoms with Crippen LogP contribution in [0.15, 0.2) is 35.3 Å². The predicted octanol–water partition coefficient (Wildman–Crippen LogP) is 3.75. The van der Waals surface area contributed by atoms with Crippen LogP contribution in [-0.4, -0.2) is 48.6 Å². The van der Waals surface area contributed by atoms with Gasteiger partial charge in [-0.1, -0.05) is 30.3 Å². The Bertz CT molecular complexity index is 747. The van der Waals surface area contributed by atoms with Crippen molar-refractivity contribution in [1.82, 2.24) is 20.5 Å². The number of hydrogen-bond donors (Lipinski definition) is 2. The van der Waals surface area contributed by atoms with E-state index in [9.17, 15) is 0 Å². The lowest BCUT2D eigenvalue weighted by molar-refractivity contribution is 0.192. The largest absolute Gasteiger partial charge is 0.356 e. The fourth-order valence-electron chi connectivity index (χ4n) is 3.65. The van der Waals surface area contributed by atoms with Gasteiger partial charge in [0.1, 0.15) is 0 Å². The molecule has 0 aliphatic carbocycles. The molecule has 7 heteroatoms. The number of rotatable bonds is 6. The Labute approximate surface area is 190 Å². The first-order valence-electron chi connectivity index (χ1n) is 9.80. The van der Waals surface area contributed by atoms with Gasteiger partial charge < -0.3 is 10.6 Å². The van der Waals surface area contributed by atoms with E-state index < -0.39 is 0 Å². The zero-order chi connectivity index (χ0) is 19.1. The van der Waals surface area contributed by atoms with Gasteiger partial charge in [-0.2, -0.15) is 0 Å². The van der Waals surface area contributed by atoms with Gasteiger partial charge in [-0.3, -0.25) is 9.89 Å². The number of piperidine rings is 1. The molecule has 1 aromatic heterocycles. The summed E-state index contributed by atoms with van der Waals surface area (Å²) in [5.74, 6) is 0.903. The molecule has 1 saturated heterocycles. The second kappa shape index (κ2) is 11.7. The molecular formula is C21H32IN5S. The molecule has 1 aromatic carbocycles. The summed E-state index contributed by atoms with van der Waals surface area (Å²) >= 11 is 1.79. The lowest BCUT2D eigenvalue weighted by Gasteiger charge is -2.34. The highest BCUT2D eigenvalue weighted by Crippen LogP contribution is 2.17. The Morgan fingerprint density at radius 1 is 1.29 bits per heavy atom. The Kier molecular flexibility index (Phi) is 9.67. The first-order valence-corrected chi connectivity index (χ1v) is 10.6. The lowest BCUT2D eigenvalue weighted by Crippen LogP contribution is -2.51. The van der Waals surface area contributed by atoms with E-state index in [1.165, 1.54) is 29.8 Å². The number of hydrogen-bond acceptors (Lipinski definition) is 4. The summed E-state index contributed by atoms with van der Waals surface area (Å²) in [7, 11) is 1.85. The van der Waals surface area contributed by atoms with Crippen LogP contribution in [0.4, 0.5) is 0 Å². The van der Waals surface area contributed by atoms with Gasteiger partial charge >= 0.3 is 0 Å². The number of guanidine groups is 1. The van der Waals surface area contributed by atoms with Crippen LogP contribution in [0.2, 0.25) is 0 Å². The Hall–Kier alpha value is -1.19. The summed E-state index contributed by atoms with van der Waals surface area (Å²) in [6.07, 6.45) is 3.41. The van der Waals surface area contributed by atoms with Crippen molar-refractivity contribution in [2.24, 2.45) is 4.99 Å². The van der Waals surface area contributed by atoms with Gasteiger partial charge in [0, 0.05) is 44.0 Å². The summed E-state index contributed by atoms with van der Waals surface area (Å²) in [4.78, 5) is 12.8. The maximum Gasteiger partial charge on any atom is 0.191 e. The molecule has 28 heavy (non-hydrogen) atoms. The first kappa shape index (κ1) is 23.1. The van der Waals surface area contributed by atoms with Crippen LogP contribution < -0.4 is 10.6 Å². The Balaban J connectivity index is 0.00000280. The second-order valence-electron chi connectivity index (χ2n) is 7.19. The van der Waals surface area contributed by atoms with Crippen molar-refractivity contribution in [1.29, 1.82) is 0 Å². The molecule has 2 aromatic rings. The quantitative estimate of drug-likeness (QED) is 0.351. The second-order valence-corrected chi connectivity index (χ2v) is 8.48. The van der Waals surface area contributed by atoms with Gasteiger partial charge in [-0.25, -0.2) is 4.98 Å². The molecule has 2 heterocycles. The summed E-state index contributed by atoms with van der Waals surface area (Å²) < 4.78 is 0. The molecule has 2 N–H and O–H groups in total. The molecule has 1 atom stereocenters. The van der Waals surface area contributed by atoms with Crippen molar-refractivity contribution in [2.45, 2.75) is 45.7 Å². The topological polar surface area (TPSA) is 52.6 Å². The number of nitrogens with one attached hydrogen (secondary N) is 2. The molecule has 1 aliphatic rings. The van der Waals surface area contributed by atoms with Crippen molar-refractivity contribution in [3.63, 3.8) is 0 Å². The van der Waals surface area contributed by atoms with E-state index in [2.05, 4.69) is 69.7 Å². The minimum atomic E-state index is 0. The first-order chi connectivity index (χ1) is 13.1. The van der Waals surface area contributed by atoms with Gasteiger partial charge in [-0.15, -0.1) is 35.3 Å². The van der Waals surface area contributed by atoms with Crippen LogP contribution in [0.1, 0.15) is 34.0 Å². The van der Waals surface area contributed by atoms with Gasteiger partial charge in [0.05, 0.1) is 10.7 Å². The van der Waals surface area contributed by atoms with E-state index in [0.29, 0.717) is 6.04 Å². The number of likely N-dealkylation sites (tertiary alicyclic amines) is 1. The van der Waals surface area contributed by atoms with Crippen LogP contribution in [0.25, 0.3) is 0 Å². The molecule has 0 saturated carbocycles. The molecule has 0 spiro atoms. The van der Waals surface area contributed by atoms with E-state index in [1.807, 2.05) is 7.05 Å². The van der Waals surface area contributed by atoms with E-state index in [0.717, 1.165) is 42.7 Å². The van der Waals surface area contributed by atoms with Crippen molar-refractivity contribution in [2.75, 3.05) is 26.7 Å². The third kappa shape index (κ3) is 7.00. The third-order valence-corrected chi connectivity index (χ3v) is 6.10. The van der Waals surface area contributed by atoms with Gasteiger partial charge in [0.15, 0.2) is 5.96 Å². The summed E-state index contributed by atoms with van der Waals surface area (Å²) in [5.41, 5.74) is 2.54. The highest BCUT2D eigenvalue weighted by molar-refractivity contribution is 14.0. The van der Waals surface area contributed by atoms with E-state index >= 15 is 0 Å². The standard InChI is InChI=1S/C21H31N5S.HI/c1-16-20(27-17(2)24-16)11-12-23-21(22-3)25-19-10-7-13-26(15-19)14-18-8-5-4-6-9-18;/h4-6,8-9,19H,7,10-15H2,1-3H3,(H2,22,23,25);1H. The Morgan fingerprint density at radius 2 is 2.07 bits per heavy atom. The number of halogens is 1. The highest BCUT2D eigenvalue weighted by Gasteiger charge is 2.20. The minimum absolute atomic E-state index is 0. The molecule has 5 nitrogen and oxygen atoms in total. The summed E-state index contributed by atoms with van der Waals surface area (Å²) in [6, 6.07) is 11.2.